The van der Waals surface area contributed by atoms with Gasteiger partial charge in [-0.2, -0.15) is 0 Å². The molecule has 156 valence electrons. The molecule has 2 aromatic rings. The Hall–Kier alpha value is -2.16. The summed E-state index contributed by atoms with van der Waals surface area (Å²) in [6.07, 6.45) is 2.97. The Bertz CT molecular complexity index is 1040. The second kappa shape index (κ2) is 9.11. The Labute approximate surface area is 175 Å². The van der Waals surface area contributed by atoms with Crippen molar-refractivity contribution in [3.8, 4) is 0 Å². The van der Waals surface area contributed by atoms with Gasteiger partial charge in [0.15, 0.2) is 0 Å². The highest BCUT2D eigenvalue weighted by Gasteiger charge is 2.26. The molecule has 0 saturated carbocycles. The van der Waals surface area contributed by atoms with Crippen molar-refractivity contribution >= 4 is 27.5 Å². The van der Waals surface area contributed by atoms with Gasteiger partial charge in [0.25, 0.3) is 11.5 Å². The van der Waals surface area contributed by atoms with E-state index in [0.717, 1.165) is 0 Å². The van der Waals surface area contributed by atoms with Crippen molar-refractivity contribution < 1.29 is 13.2 Å². The van der Waals surface area contributed by atoms with E-state index < -0.39 is 10.0 Å². The Morgan fingerprint density at radius 1 is 1.21 bits per heavy atom. The van der Waals surface area contributed by atoms with Gasteiger partial charge in [-0.3, -0.25) is 9.59 Å². The standard InChI is InChI=1S/C20H24ClN3O4S/c1-23-9-3-6-18(19(23)25)20(26)24-10-7-15(8-11-24)13-22-29(27,28)14-16-4-2-5-17(21)12-16/h2-6,9,12,15,22H,7-8,10-11,13-14H2,1H3. The lowest BCUT2D eigenvalue weighted by atomic mass is 9.97. The first-order valence-corrected chi connectivity index (χ1v) is 11.4. The number of sulfonamides is 1. The fraction of sp³-hybridized carbons (Fsp3) is 0.400. The van der Waals surface area contributed by atoms with Gasteiger partial charge in [0.1, 0.15) is 5.56 Å². The molecule has 0 unspecified atom stereocenters. The maximum absolute atomic E-state index is 12.6. The normalized spacial score (nSPS) is 15.4. The number of piperidine rings is 1. The van der Waals surface area contributed by atoms with Crippen LogP contribution < -0.4 is 10.3 Å². The monoisotopic (exact) mass is 437 g/mol. The topological polar surface area (TPSA) is 88.5 Å². The van der Waals surface area contributed by atoms with E-state index in [2.05, 4.69) is 4.72 Å². The van der Waals surface area contributed by atoms with Crippen LogP contribution in [0.5, 0.6) is 0 Å². The molecule has 0 aliphatic carbocycles. The minimum Gasteiger partial charge on any atom is -0.338 e. The van der Waals surface area contributed by atoms with Gasteiger partial charge in [-0.05, 0) is 48.6 Å². The van der Waals surface area contributed by atoms with Gasteiger partial charge in [0.2, 0.25) is 10.0 Å². The Morgan fingerprint density at radius 2 is 1.93 bits per heavy atom. The summed E-state index contributed by atoms with van der Waals surface area (Å²) in [4.78, 5) is 26.4. The SMILES string of the molecule is Cn1cccc(C(=O)N2CCC(CNS(=O)(=O)Cc3cccc(Cl)c3)CC2)c1=O. The third-order valence-electron chi connectivity index (χ3n) is 5.09. The molecule has 0 atom stereocenters. The minimum absolute atomic E-state index is 0.123. The van der Waals surface area contributed by atoms with E-state index >= 15 is 0 Å². The molecule has 1 aliphatic heterocycles. The number of carbonyl (C=O) groups excluding carboxylic acids is 1. The van der Waals surface area contributed by atoms with Crippen molar-refractivity contribution in [2.45, 2.75) is 18.6 Å². The molecule has 7 nitrogen and oxygen atoms in total. The molecule has 1 saturated heterocycles. The van der Waals surface area contributed by atoms with Crippen LogP contribution in [0.2, 0.25) is 5.02 Å². The van der Waals surface area contributed by atoms with Crippen LogP contribution in [0, 0.1) is 5.92 Å². The lowest BCUT2D eigenvalue weighted by molar-refractivity contribution is 0.0689. The first-order chi connectivity index (χ1) is 13.7. The van der Waals surface area contributed by atoms with Crippen molar-refractivity contribution in [1.29, 1.82) is 0 Å². The van der Waals surface area contributed by atoms with Crippen LogP contribution in [0.25, 0.3) is 0 Å². The van der Waals surface area contributed by atoms with Crippen molar-refractivity contribution in [2.24, 2.45) is 13.0 Å². The minimum atomic E-state index is -3.47. The second-order valence-electron chi connectivity index (χ2n) is 7.31. The van der Waals surface area contributed by atoms with E-state index in [1.165, 1.54) is 4.57 Å². The highest BCUT2D eigenvalue weighted by atomic mass is 35.5. The molecule has 1 aromatic heterocycles. The predicted molar refractivity (Wildman–Crippen MR) is 112 cm³/mol. The lowest BCUT2D eigenvalue weighted by Crippen LogP contribution is -2.43. The quantitative estimate of drug-likeness (QED) is 0.748. The molecule has 2 heterocycles. The molecule has 29 heavy (non-hydrogen) atoms. The van der Waals surface area contributed by atoms with E-state index in [-0.39, 0.29) is 28.7 Å². The molecule has 1 amide bonds. The fourth-order valence-electron chi connectivity index (χ4n) is 3.41. The number of benzene rings is 1. The molecule has 1 N–H and O–H groups in total. The molecule has 0 radical (unpaired) electrons. The first-order valence-electron chi connectivity index (χ1n) is 9.42. The number of nitrogens with zero attached hydrogens (tertiary/aromatic N) is 2. The van der Waals surface area contributed by atoms with Crippen LogP contribution in [0.15, 0.2) is 47.4 Å². The second-order valence-corrected chi connectivity index (χ2v) is 9.55. The van der Waals surface area contributed by atoms with E-state index in [1.54, 1.807) is 54.5 Å². The van der Waals surface area contributed by atoms with Crippen molar-refractivity contribution in [1.82, 2.24) is 14.2 Å². The summed E-state index contributed by atoms with van der Waals surface area (Å²) in [6, 6.07) is 10.0. The molecule has 9 heteroatoms. The van der Waals surface area contributed by atoms with Gasteiger partial charge in [0, 0.05) is 37.9 Å². The number of halogens is 1. The van der Waals surface area contributed by atoms with Gasteiger partial charge < -0.3 is 9.47 Å². The van der Waals surface area contributed by atoms with E-state index in [4.69, 9.17) is 11.6 Å². The summed E-state index contributed by atoms with van der Waals surface area (Å²) in [6.45, 7) is 1.33. The molecule has 1 fully saturated rings. The maximum Gasteiger partial charge on any atom is 0.263 e. The highest BCUT2D eigenvalue weighted by molar-refractivity contribution is 7.88. The largest absolute Gasteiger partial charge is 0.338 e. The number of hydrogen-bond donors (Lipinski definition) is 1. The Kier molecular flexibility index (Phi) is 6.77. The number of likely N-dealkylation sites (tertiary alicyclic amines) is 1. The smallest absolute Gasteiger partial charge is 0.263 e. The molecule has 1 aliphatic rings. The molecule has 0 spiro atoms. The summed E-state index contributed by atoms with van der Waals surface area (Å²) in [7, 11) is -1.86. The number of pyridine rings is 1. The average molecular weight is 438 g/mol. The van der Waals surface area contributed by atoms with Crippen LogP contribution in [-0.2, 0) is 22.8 Å². The predicted octanol–water partition coefficient (Wildman–Crippen LogP) is 2.01. The van der Waals surface area contributed by atoms with Crippen LogP contribution >= 0.6 is 11.6 Å². The number of hydrogen-bond acceptors (Lipinski definition) is 4. The third kappa shape index (κ3) is 5.68. The number of rotatable bonds is 6. The fourth-order valence-corrected chi connectivity index (χ4v) is 4.84. The van der Waals surface area contributed by atoms with E-state index in [0.29, 0.717) is 43.1 Å². The molecular weight excluding hydrogens is 414 g/mol. The van der Waals surface area contributed by atoms with Gasteiger partial charge in [-0.25, -0.2) is 13.1 Å². The summed E-state index contributed by atoms with van der Waals surface area (Å²) >= 11 is 5.91. The summed E-state index contributed by atoms with van der Waals surface area (Å²) in [5.74, 6) is -0.250. The van der Waals surface area contributed by atoms with Crippen LogP contribution in [0.3, 0.4) is 0 Å². The van der Waals surface area contributed by atoms with E-state index in [1.807, 2.05) is 0 Å². The van der Waals surface area contributed by atoms with Gasteiger partial charge in [0.05, 0.1) is 5.75 Å². The molecule has 1 aromatic carbocycles. The summed E-state index contributed by atoms with van der Waals surface area (Å²) in [5.41, 5.74) is 0.485. The van der Waals surface area contributed by atoms with Gasteiger partial charge >= 0.3 is 0 Å². The highest BCUT2D eigenvalue weighted by Crippen LogP contribution is 2.19. The van der Waals surface area contributed by atoms with Gasteiger partial charge in [-0.15, -0.1) is 0 Å². The zero-order chi connectivity index (χ0) is 21.0. The Balaban J connectivity index is 1.51. The van der Waals surface area contributed by atoms with Gasteiger partial charge in [-0.1, -0.05) is 23.7 Å². The van der Waals surface area contributed by atoms with Crippen molar-refractivity contribution in [2.75, 3.05) is 19.6 Å². The zero-order valence-corrected chi connectivity index (χ0v) is 17.7. The first kappa shape index (κ1) is 21.5. The van der Waals surface area contributed by atoms with Crippen LogP contribution in [0.4, 0.5) is 0 Å². The number of carbonyl (C=O) groups is 1. The third-order valence-corrected chi connectivity index (χ3v) is 6.65. The average Bonchev–Trinajstić information content (AvgIpc) is 2.68. The number of aromatic nitrogens is 1. The summed E-state index contributed by atoms with van der Waals surface area (Å²) < 4.78 is 28.7. The number of nitrogens with one attached hydrogen (secondary N) is 1. The molecule has 3 rings (SSSR count). The van der Waals surface area contributed by atoms with Crippen LogP contribution in [0.1, 0.15) is 28.8 Å². The van der Waals surface area contributed by atoms with Crippen molar-refractivity contribution in [3.05, 3.63) is 69.1 Å². The maximum atomic E-state index is 12.6. The summed E-state index contributed by atoms with van der Waals surface area (Å²) in [5, 5.41) is 0.503. The number of aryl methyl sites for hydroxylation is 1. The Morgan fingerprint density at radius 3 is 2.62 bits per heavy atom. The van der Waals surface area contributed by atoms with Crippen molar-refractivity contribution in [3.63, 3.8) is 0 Å². The number of amides is 1. The molecular formula is C20H24ClN3O4S. The molecule has 0 bridgehead atoms. The lowest BCUT2D eigenvalue weighted by Gasteiger charge is -2.32. The zero-order valence-electron chi connectivity index (χ0n) is 16.2. The van der Waals surface area contributed by atoms with Crippen LogP contribution in [-0.4, -0.2) is 43.4 Å². The van der Waals surface area contributed by atoms with E-state index in [9.17, 15) is 18.0 Å².